The van der Waals surface area contributed by atoms with Gasteiger partial charge in [0.2, 0.25) is 5.89 Å². The van der Waals surface area contributed by atoms with Crippen molar-refractivity contribution in [2.45, 2.75) is 5.92 Å². The second-order valence-electron chi connectivity index (χ2n) is 3.78. The fourth-order valence-corrected chi connectivity index (χ4v) is 1.61. The highest BCUT2D eigenvalue weighted by Crippen LogP contribution is 2.25. The van der Waals surface area contributed by atoms with Gasteiger partial charge in [0.1, 0.15) is 5.82 Å². The van der Waals surface area contributed by atoms with Crippen molar-refractivity contribution in [3.63, 3.8) is 0 Å². The summed E-state index contributed by atoms with van der Waals surface area (Å²) < 4.78 is 18.9. The Hall–Kier alpha value is -1.75. The number of hydrogen-bond acceptors (Lipinski definition) is 4. The highest BCUT2D eigenvalue weighted by atomic mass is 19.1. The average molecular weight is 219 g/mol. The van der Waals surface area contributed by atoms with E-state index in [1.165, 1.54) is 6.07 Å². The maximum Gasteiger partial charge on any atom is 0.250 e. The first kappa shape index (κ1) is 9.47. The van der Waals surface area contributed by atoms with E-state index < -0.39 is 0 Å². The maximum absolute atomic E-state index is 13.4. The number of aromatic nitrogens is 2. The molecule has 1 N–H and O–H groups in total. The molecule has 0 unspecified atom stereocenters. The smallest absolute Gasteiger partial charge is 0.250 e. The van der Waals surface area contributed by atoms with Gasteiger partial charge in [-0.2, -0.15) is 0 Å². The van der Waals surface area contributed by atoms with Gasteiger partial charge in [-0.3, -0.25) is 0 Å². The first-order valence-corrected chi connectivity index (χ1v) is 5.13. The van der Waals surface area contributed by atoms with Crippen LogP contribution >= 0.6 is 0 Å². The van der Waals surface area contributed by atoms with Crippen LogP contribution in [0.3, 0.4) is 0 Å². The van der Waals surface area contributed by atoms with Crippen LogP contribution in [-0.2, 0) is 0 Å². The molecule has 0 bridgehead atoms. The Morgan fingerprint density at radius 1 is 1.25 bits per heavy atom. The van der Waals surface area contributed by atoms with Crippen molar-refractivity contribution in [3.8, 4) is 11.5 Å². The van der Waals surface area contributed by atoms with Crippen LogP contribution in [0.25, 0.3) is 11.5 Å². The molecule has 0 spiro atoms. The van der Waals surface area contributed by atoms with E-state index in [-0.39, 0.29) is 17.6 Å². The van der Waals surface area contributed by atoms with Gasteiger partial charge in [0, 0.05) is 13.1 Å². The van der Waals surface area contributed by atoms with Crippen molar-refractivity contribution in [1.82, 2.24) is 15.5 Å². The molecule has 0 saturated carbocycles. The SMILES string of the molecule is Fc1ccccc1-c1nnc(C2CNC2)o1. The standard InChI is InChI=1S/C11H10FN3O/c12-9-4-2-1-3-8(9)11-15-14-10(16-11)7-5-13-6-7/h1-4,7,13H,5-6H2. The molecule has 1 aliphatic rings. The van der Waals surface area contributed by atoms with Gasteiger partial charge in [-0.05, 0) is 12.1 Å². The molecular weight excluding hydrogens is 209 g/mol. The van der Waals surface area contributed by atoms with Gasteiger partial charge in [-0.1, -0.05) is 12.1 Å². The highest BCUT2D eigenvalue weighted by Gasteiger charge is 2.25. The molecule has 5 heteroatoms. The van der Waals surface area contributed by atoms with Crippen LogP contribution in [0.4, 0.5) is 4.39 Å². The Labute approximate surface area is 91.5 Å². The average Bonchev–Trinajstić information content (AvgIpc) is 2.65. The summed E-state index contributed by atoms with van der Waals surface area (Å²) in [6.45, 7) is 1.69. The molecular formula is C11H10FN3O. The fraction of sp³-hybridized carbons (Fsp3) is 0.273. The predicted octanol–water partition coefficient (Wildman–Crippen LogP) is 1.56. The number of rotatable bonds is 2. The third-order valence-electron chi connectivity index (χ3n) is 2.68. The van der Waals surface area contributed by atoms with E-state index in [0.717, 1.165) is 13.1 Å². The van der Waals surface area contributed by atoms with Crippen LogP contribution in [0.5, 0.6) is 0 Å². The molecule has 2 heterocycles. The molecule has 1 aliphatic heterocycles. The molecule has 4 nitrogen and oxygen atoms in total. The van der Waals surface area contributed by atoms with Crippen LogP contribution < -0.4 is 5.32 Å². The number of halogens is 1. The van der Waals surface area contributed by atoms with E-state index in [4.69, 9.17) is 4.42 Å². The summed E-state index contributed by atoms with van der Waals surface area (Å²) in [5.41, 5.74) is 0.355. The highest BCUT2D eigenvalue weighted by molar-refractivity contribution is 5.53. The van der Waals surface area contributed by atoms with Crippen molar-refractivity contribution in [2.24, 2.45) is 0 Å². The predicted molar refractivity (Wildman–Crippen MR) is 55.3 cm³/mol. The van der Waals surface area contributed by atoms with Gasteiger partial charge < -0.3 is 9.73 Å². The Bertz CT molecular complexity index is 507. The number of nitrogens with one attached hydrogen (secondary N) is 1. The maximum atomic E-state index is 13.4. The van der Waals surface area contributed by atoms with Crippen molar-refractivity contribution in [3.05, 3.63) is 36.0 Å². The van der Waals surface area contributed by atoms with E-state index in [1.54, 1.807) is 18.2 Å². The monoisotopic (exact) mass is 219 g/mol. The second kappa shape index (κ2) is 3.68. The lowest BCUT2D eigenvalue weighted by Crippen LogP contribution is -2.40. The lowest BCUT2D eigenvalue weighted by atomic mass is 10.0. The van der Waals surface area contributed by atoms with Gasteiger partial charge in [-0.25, -0.2) is 4.39 Å². The van der Waals surface area contributed by atoms with Crippen LogP contribution in [-0.4, -0.2) is 23.3 Å². The topological polar surface area (TPSA) is 51.0 Å². The summed E-state index contributed by atoms with van der Waals surface area (Å²) in [6.07, 6.45) is 0. The van der Waals surface area contributed by atoms with Gasteiger partial charge in [0.05, 0.1) is 11.5 Å². The Morgan fingerprint density at radius 3 is 2.75 bits per heavy atom. The summed E-state index contributed by atoms with van der Waals surface area (Å²) in [4.78, 5) is 0. The molecule has 82 valence electrons. The van der Waals surface area contributed by atoms with E-state index >= 15 is 0 Å². The zero-order valence-corrected chi connectivity index (χ0v) is 8.48. The molecule has 1 aromatic heterocycles. The fourth-order valence-electron chi connectivity index (χ4n) is 1.61. The molecule has 1 saturated heterocycles. The molecule has 0 radical (unpaired) electrons. The van der Waals surface area contributed by atoms with E-state index in [1.807, 2.05) is 0 Å². The van der Waals surface area contributed by atoms with Gasteiger partial charge >= 0.3 is 0 Å². The van der Waals surface area contributed by atoms with Crippen LogP contribution in [0, 0.1) is 5.82 Å². The Kier molecular flexibility index (Phi) is 2.18. The minimum absolute atomic E-state index is 0.250. The zero-order chi connectivity index (χ0) is 11.0. The largest absolute Gasteiger partial charge is 0.420 e. The van der Waals surface area contributed by atoms with Crippen molar-refractivity contribution in [1.29, 1.82) is 0 Å². The molecule has 0 amide bonds. The first-order valence-electron chi connectivity index (χ1n) is 5.13. The van der Waals surface area contributed by atoms with Crippen LogP contribution in [0.2, 0.25) is 0 Å². The van der Waals surface area contributed by atoms with Gasteiger partial charge in [0.25, 0.3) is 5.89 Å². The lowest BCUT2D eigenvalue weighted by Gasteiger charge is -2.22. The quantitative estimate of drug-likeness (QED) is 0.832. The molecule has 3 rings (SSSR count). The van der Waals surface area contributed by atoms with Crippen molar-refractivity contribution >= 4 is 0 Å². The molecule has 1 aromatic carbocycles. The van der Waals surface area contributed by atoms with E-state index in [2.05, 4.69) is 15.5 Å². The lowest BCUT2D eigenvalue weighted by molar-refractivity contribution is 0.360. The first-order chi connectivity index (χ1) is 7.84. The van der Waals surface area contributed by atoms with Crippen molar-refractivity contribution < 1.29 is 8.81 Å². The molecule has 16 heavy (non-hydrogen) atoms. The molecule has 1 fully saturated rings. The molecule has 2 aromatic rings. The summed E-state index contributed by atoms with van der Waals surface area (Å²) in [5, 5.41) is 10.9. The van der Waals surface area contributed by atoms with Crippen LogP contribution in [0.15, 0.2) is 28.7 Å². The minimum atomic E-state index is -0.343. The number of benzene rings is 1. The molecule has 0 aliphatic carbocycles. The summed E-state index contributed by atoms with van der Waals surface area (Å²) in [7, 11) is 0. The molecule has 0 atom stereocenters. The summed E-state index contributed by atoms with van der Waals surface area (Å²) in [6, 6.07) is 6.38. The third kappa shape index (κ3) is 1.49. The van der Waals surface area contributed by atoms with Gasteiger partial charge in [0.15, 0.2) is 0 Å². The summed E-state index contributed by atoms with van der Waals surface area (Å²) >= 11 is 0. The van der Waals surface area contributed by atoms with E-state index in [0.29, 0.717) is 11.5 Å². The van der Waals surface area contributed by atoms with Crippen LogP contribution in [0.1, 0.15) is 11.8 Å². The summed E-state index contributed by atoms with van der Waals surface area (Å²) in [5.74, 6) is 0.759. The normalized spacial score (nSPS) is 16.1. The number of nitrogens with zero attached hydrogens (tertiary/aromatic N) is 2. The second-order valence-corrected chi connectivity index (χ2v) is 3.78. The third-order valence-corrected chi connectivity index (χ3v) is 2.68. The zero-order valence-electron chi connectivity index (χ0n) is 8.48. The minimum Gasteiger partial charge on any atom is -0.420 e. The Balaban J connectivity index is 1.95. The van der Waals surface area contributed by atoms with Gasteiger partial charge in [-0.15, -0.1) is 10.2 Å². The Morgan fingerprint density at radius 2 is 2.06 bits per heavy atom. The van der Waals surface area contributed by atoms with E-state index in [9.17, 15) is 4.39 Å². The number of hydrogen-bond donors (Lipinski definition) is 1. The van der Waals surface area contributed by atoms with Crippen molar-refractivity contribution in [2.75, 3.05) is 13.1 Å².